The Morgan fingerprint density at radius 3 is 2.34 bits per heavy atom. The third-order valence-electron chi connectivity index (χ3n) is 4.71. The van der Waals surface area contributed by atoms with Gasteiger partial charge >= 0.3 is 0 Å². The molecule has 0 saturated carbocycles. The van der Waals surface area contributed by atoms with Crippen LogP contribution in [0, 0.1) is 0 Å². The van der Waals surface area contributed by atoms with Crippen LogP contribution in [0.25, 0.3) is 6.08 Å². The van der Waals surface area contributed by atoms with Gasteiger partial charge in [-0.2, -0.15) is 0 Å². The minimum absolute atomic E-state index is 0.119. The predicted octanol–water partition coefficient (Wildman–Crippen LogP) is 7.46. The third-order valence-corrected chi connectivity index (χ3v) is 6.61. The normalized spacial score (nSPS) is 15.0. The molecule has 4 nitrogen and oxygen atoms in total. The van der Waals surface area contributed by atoms with Crippen LogP contribution in [0.2, 0.25) is 15.1 Å². The van der Waals surface area contributed by atoms with Crippen LogP contribution < -0.4 is 4.74 Å². The van der Waals surface area contributed by atoms with Gasteiger partial charge in [-0.15, -0.1) is 0 Å². The summed E-state index contributed by atoms with van der Waals surface area (Å²) in [7, 11) is 0. The number of benzene rings is 3. The van der Waals surface area contributed by atoms with Crippen molar-refractivity contribution in [2.45, 2.75) is 13.2 Å². The average molecular weight is 505 g/mol. The van der Waals surface area contributed by atoms with Gasteiger partial charge in [-0.05, 0) is 59.3 Å². The molecule has 0 N–H and O–H groups in total. The summed E-state index contributed by atoms with van der Waals surface area (Å²) < 4.78 is 5.95. The Bertz CT molecular complexity index is 1210. The number of para-hydroxylation sites is 1. The summed E-state index contributed by atoms with van der Waals surface area (Å²) in [5, 5.41) is 1.11. The molecule has 0 bridgehead atoms. The lowest BCUT2D eigenvalue weighted by atomic mass is 10.1. The number of ether oxygens (including phenoxy) is 1. The number of hydrogen-bond acceptors (Lipinski definition) is 4. The van der Waals surface area contributed by atoms with E-state index in [-0.39, 0.29) is 17.7 Å². The van der Waals surface area contributed by atoms with E-state index in [1.807, 2.05) is 36.4 Å². The fourth-order valence-corrected chi connectivity index (χ4v) is 4.35. The summed E-state index contributed by atoms with van der Waals surface area (Å²) in [5.41, 5.74) is 2.39. The topological polar surface area (TPSA) is 46.6 Å². The number of halogens is 3. The number of rotatable bonds is 6. The molecule has 3 aromatic carbocycles. The van der Waals surface area contributed by atoms with Crippen LogP contribution in [0.4, 0.5) is 4.79 Å². The molecule has 8 heteroatoms. The highest BCUT2D eigenvalue weighted by molar-refractivity contribution is 8.18. The lowest BCUT2D eigenvalue weighted by Crippen LogP contribution is -2.27. The minimum atomic E-state index is -0.362. The molecular formula is C24H16Cl3NO3S. The van der Waals surface area contributed by atoms with Gasteiger partial charge in [-0.1, -0.05) is 71.2 Å². The number of hydrogen-bond donors (Lipinski definition) is 0. The fourth-order valence-electron chi connectivity index (χ4n) is 3.07. The molecule has 1 aliphatic heterocycles. The monoisotopic (exact) mass is 503 g/mol. The van der Waals surface area contributed by atoms with Gasteiger partial charge in [0.05, 0.1) is 21.5 Å². The number of imide groups is 1. The van der Waals surface area contributed by atoms with Gasteiger partial charge in [0.2, 0.25) is 0 Å². The second kappa shape index (κ2) is 10.0. The molecule has 0 unspecified atom stereocenters. The van der Waals surface area contributed by atoms with E-state index >= 15 is 0 Å². The molecule has 0 atom stereocenters. The summed E-state index contributed by atoms with van der Waals surface area (Å²) >= 11 is 18.8. The van der Waals surface area contributed by atoms with E-state index in [2.05, 4.69) is 0 Å². The van der Waals surface area contributed by atoms with Crippen molar-refractivity contribution < 1.29 is 14.3 Å². The maximum Gasteiger partial charge on any atom is 0.293 e. The molecule has 3 aromatic rings. The molecule has 0 aromatic heterocycles. The zero-order valence-corrected chi connectivity index (χ0v) is 19.6. The van der Waals surface area contributed by atoms with Crippen LogP contribution >= 0.6 is 46.6 Å². The van der Waals surface area contributed by atoms with E-state index < -0.39 is 0 Å². The standard InChI is InChI=1S/C24H16Cl3NO3S/c25-18-8-5-15(6-9-18)14-31-21-4-2-1-3-17(21)12-22-23(29)28(24(30)32-22)13-16-7-10-19(26)20(27)11-16/h1-12H,13-14H2/b22-12+. The van der Waals surface area contributed by atoms with Crippen molar-refractivity contribution >= 4 is 63.8 Å². The predicted molar refractivity (Wildman–Crippen MR) is 130 cm³/mol. The molecule has 0 aliphatic carbocycles. The second-order valence-electron chi connectivity index (χ2n) is 6.97. The zero-order valence-electron chi connectivity index (χ0n) is 16.6. The first-order chi connectivity index (χ1) is 15.4. The largest absolute Gasteiger partial charge is 0.488 e. The summed E-state index contributed by atoms with van der Waals surface area (Å²) in [4.78, 5) is 26.9. The van der Waals surface area contributed by atoms with Crippen LogP contribution in [-0.4, -0.2) is 16.0 Å². The SMILES string of the molecule is O=C1S/C(=C/c2ccccc2OCc2ccc(Cl)cc2)C(=O)N1Cc1ccc(Cl)c(Cl)c1. The van der Waals surface area contributed by atoms with Crippen LogP contribution in [0.15, 0.2) is 71.6 Å². The van der Waals surface area contributed by atoms with Crippen molar-refractivity contribution in [1.29, 1.82) is 0 Å². The minimum Gasteiger partial charge on any atom is -0.488 e. The van der Waals surface area contributed by atoms with Crippen molar-refractivity contribution in [3.8, 4) is 5.75 Å². The maximum absolute atomic E-state index is 12.9. The summed E-state index contributed by atoms with van der Waals surface area (Å²) in [6, 6.07) is 19.8. The van der Waals surface area contributed by atoms with Gasteiger partial charge < -0.3 is 4.74 Å². The van der Waals surface area contributed by atoms with E-state index in [9.17, 15) is 9.59 Å². The molecule has 2 amide bonds. The highest BCUT2D eigenvalue weighted by Crippen LogP contribution is 2.35. The third kappa shape index (κ3) is 5.30. The van der Waals surface area contributed by atoms with Crippen molar-refractivity contribution in [2.24, 2.45) is 0 Å². The fraction of sp³-hybridized carbons (Fsp3) is 0.0833. The highest BCUT2D eigenvalue weighted by Gasteiger charge is 2.35. The van der Waals surface area contributed by atoms with Gasteiger partial charge in [0.1, 0.15) is 12.4 Å². The number of nitrogens with zero attached hydrogens (tertiary/aromatic N) is 1. The van der Waals surface area contributed by atoms with E-state index in [0.717, 1.165) is 22.9 Å². The molecule has 1 heterocycles. The number of carbonyl (C=O) groups excluding carboxylic acids is 2. The molecule has 4 rings (SSSR count). The first-order valence-electron chi connectivity index (χ1n) is 9.56. The van der Waals surface area contributed by atoms with E-state index in [1.165, 1.54) is 4.90 Å². The van der Waals surface area contributed by atoms with Crippen LogP contribution in [0.5, 0.6) is 5.75 Å². The van der Waals surface area contributed by atoms with E-state index in [4.69, 9.17) is 39.5 Å². The number of thioether (sulfide) groups is 1. The molecule has 1 aliphatic rings. The first kappa shape index (κ1) is 22.7. The molecule has 32 heavy (non-hydrogen) atoms. The lowest BCUT2D eigenvalue weighted by molar-refractivity contribution is -0.123. The quantitative estimate of drug-likeness (QED) is 0.327. The number of amides is 2. The van der Waals surface area contributed by atoms with Gasteiger partial charge in [-0.3, -0.25) is 14.5 Å². The Balaban J connectivity index is 1.51. The Morgan fingerprint density at radius 1 is 0.875 bits per heavy atom. The summed E-state index contributed by atoms with van der Waals surface area (Å²) in [6.07, 6.45) is 1.68. The second-order valence-corrected chi connectivity index (χ2v) is 9.21. The average Bonchev–Trinajstić information content (AvgIpc) is 3.04. The van der Waals surface area contributed by atoms with Crippen LogP contribution in [0.3, 0.4) is 0 Å². The van der Waals surface area contributed by atoms with Gasteiger partial charge in [0, 0.05) is 10.6 Å². The van der Waals surface area contributed by atoms with Crippen molar-refractivity contribution in [2.75, 3.05) is 0 Å². The lowest BCUT2D eigenvalue weighted by Gasteiger charge is -2.13. The summed E-state index contributed by atoms with van der Waals surface area (Å²) in [5.74, 6) is 0.248. The van der Waals surface area contributed by atoms with Crippen molar-refractivity contribution in [1.82, 2.24) is 4.90 Å². The van der Waals surface area contributed by atoms with Crippen LogP contribution in [0.1, 0.15) is 16.7 Å². The van der Waals surface area contributed by atoms with Crippen molar-refractivity contribution in [3.05, 3.63) is 103 Å². The van der Waals surface area contributed by atoms with Crippen LogP contribution in [-0.2, 0) is 17.9 Å². The Hall–Kier alpha value is -2.44. The maximum atomic E-state index is 12.9. The van der Waals surface area contributed by atoms with E-state index in [0.29, 0.717) is 37.9 Å². The van der Waals surface area contributed by atoms with Gasteiger partial charge in [-0.25, -0.2) is 0 Å². The molecule has 162 valence electrons. The Morgan fingerprint density at radius 2 is 1.59 bits per heavy atom. The Kier molecular flexibility index (Phi) is 7.11. The summed E-state index contributed by atoms with van der Waals surface area (Å²) in [6.45, 7) is 0.467. The molecule has 1 saturated heterocycles. The molecule has 0 radical (unpaired) electrons. The molecule has 1 fully saturated rings. The first-order valence-corrected chi connectivity index (χ1v) is 11.5. The van der Waals surface area contributed by atoms with Gasteiger partial charge in [0.25, 0.3) is 11.1 Å². The van der Waals surface area contributed by atoms with E-state index in [1.54, 1.807) is 36.4 Å². The number of carbonyl (C=O) groups is 2. The molecular weight excluding hydrogens is 489 g/mol. The molecule has 0 spiro atoms. The highest BCUT2D eigenvalue weighted by atomic mass is 35.5. The Labute approximate surface area is 204 Å². The van der Waals surface area contributed by atoms with Crippen molar-refractivity contribution in [3.63, 3.8) is 0 Å². The smallest absolute Gasteiger partial charge is 0.293 e. The van der Waals surface area contributed by atoms with Gasteiger partial charge in [0.15, 0.2) is 0 Å². The zero-order chi connectivity index (χ0) is 22.7.